The number of rotatable bonds is 3. The fraction of sp³-hybridized carbons (Fsp3) is 0.333. The van der Waals surface area contributed by atoms with Crippen molar-refractivity contribution in [2.24, 2.45) is 0 Å². The van der Waals surface area contributed by atoms with E-state index >= 15 is 0 Å². The summed E-state index contributed by atoms with van der Waals surface area (Å²) in [6.45, 7) is 2.03. The van der Waals surface area contributed by atoms with E-state index < -0.39 is 0 Å². The molecule has 5 nitrogen and oxygen atoms in total. The second-order valence-corrected chi connectivity index (χ2v) is 10.3. The first kappa shape index (κ1) is 21.9. The summed E-state index contributed by atoms with van der Waals surface area (Å²) in [7, 11) is 2.17. The third-order valence-electron chi connectivity index (χ3n) is 7.48. The predicted octanol–water partition coefficient (Wildman–Crippen LogP) is 5.46. The Hall–Kier alpha value is -2.60. The Balaban J connectivity index is 1.18. The van der Waals surface area contributed by atoms with Crippen molar-refractivity contribution in [3.05, 3.63) is 93.0 Å². The molecule has 7 heteroatoms. The average molecular weight is 492 g/mol. The molecule has 0 fully saturated rings. The first-order valence-corrected chi connectivity index (χ1v) is 12.6. The molecular weight excluding hydrogens is 465 g/mol. The molecule has 3 aliphatic rings. The molecule has 0 radical (unpaired) electrons. The van der Waals surface area contributed by atoms with E-state index in [1.54, 1.807) is 12.4 Å². The van der Waals surface area contributed by atoms with E-state index in [0.29, 0.717) is 11.9 Å². The molecule has 6 rings (SSSR count). The van der Waals surface area contributed by atoms with Crippen LogP contribution in [0.2, 0.25) is 10.0 Å². The number of hydrogen-bond acceptors (Lipinski definition) is 5. The van der Waals surface area contributed by atoms with Crippen LogP contribution in [0.5, 0.6) is 0 Å². The lowest BCUT2D eigenvalue weighted by Gasteiger charge is -2.38. The van der Waals surface area contributed by atoms with Gasteiger partial charge in [0, 0.05) is 77.6 Å². The van der Waals surface area contributed by atoms with Crippen molar-refractivity contribution in [3.8, 4) is 11.4 Å². The Bertz CT molecular complexity index is 1260. The summed E-state index contributed by atoms with van der Waals surface area (Å²) in [5.74, 6) is 0.687. The van der Waals surface area contributed by atoms with Crippen LogP contribution in [-0.2, 0) is 12.8 Å². The van der Waals surface area contributed by atoms with Gasteiger partial charge in [-0.1, -0.05) is 41.4 Å². The molecule has 2 unspecified atom stereocenters. The zero-order chi connectivity index (χ0) is 23.2. The van der Waals surface area contributed by atoms with Gasteiger partial charge in [0.2, 0.25) is 0 Å². The highest BCUT2D eigenvalue weighted by molar-refractivity contribution is 6.31. The Morgan fingerprint density at radius 3 is 2.68 bits per heavy atom. The molecular formula is C27H27Cl2N5. The van der Waals surface area contributed by atoms with E-state index in [0.717, 1.165) is 53.5 Å². The Morgan fingerprint density at radius 2 is 1.85 bits per heavy atom. The molecule has 2 aliphatic heterocycles. The minimum atomic E-state index is 0.0362. The van der Waals surface area contributed by atoms with E-state index in [9.17, 15) is 0 Å². The van der Waals surface area contributed by atoms with Gasteiger partial charge < -0.3 is 10.2 Å². The smallest absolute Gasteiger partial charge is 0.159 e. The highest BCUT2D eigenvalue weighted by Crippen LogP contribution is 2.38. The Morgan fingerprint density at radius 1 is 1.00 bits per heavy atom. The maximum absolute atomic E-state index is 6.77. The van der Waals surface area contributed by atoms with Crippen molar-refractivity contribution in [2.45, 2.75) is 37.9 Å². The van der Waals surface area contributed by atoms with Gasteiger partial charge in [0.05, 0.1) is 0 Å². The minimum absolute atomic E-state index is 0.0362. The second-order valence-electron chi connectivity index (χ2n) is 9.42. The normalized spacial score (nSPS) is 22.4. The van der Waals surface area contributed by atoms with Crippen LogP contribution in [0.15, 0.2) is 66.3 Å². The summed E-state index contributed by atoms with van der Waals surface area (Å²) in [5, 5.41) is 5.35. The minimum Gasteiger partial charge on any atom is -0.362 e. The number of benzene rings is 2. The van der Waals surface area contributed by atoms with Gasteiger partial charge in [-0.05, 0) is 54.7 Å². The van der Waals surface area contributed by atoms with Crippen LogP contribution in [0.4, 0.5) is 0 Å². The van der Waals surface area contributed by atoms with Gasteiger partial charge in [-0.3, -0.25) is 4.90 Å². The zero-order valence-electron chi connectivity index (χ0n) is 19.1. The summed E-state index contributed by atoms with van der Waals surface area (Å²) in [4.78, 5) is 13.7. The van der Waals surface area contributed by atoms with E-state index in [-0.39, 0.29) is 6.17 Å². The van der Waals surface area contributed by atoms with E-state index in [1.165, 1.54) is 28.9 Å². The summed E-state index contributed by atoms with van der Waals surface area (Å²) in [5.41, 5.74) is 7.58. The van der Waals surface area contributed by atoms with Crippen LogP contribution in [0.3, 0.4) is 0 Å². The van der Waals surface area contributed by atoms with Crippen molar-refractivity contribution in [3.63, 3.8) is 0 Å². The van der Waals surface area contributed by atoms with Gasteiger partial charge in [0.15, 0.2) is 5.82 Å². The molecule has 1 aliphatic carbocycles. The maximum atomic E-state index is 6.77. The quantitative estimate of drug-likeness (QED) is 0.526. The lowest BCUT2D eigenvalue weighted by atomic mass is 9.87. The third kappa shape index (κ3) is 3.96. The predicted molar refractivity (Wildman–Crippen MR) is 137 cm³/mol. The topological polar surface area (TPSA) is 44.3 Å². The van der Waals surface area contributed by atoms with Crippen LogP contribution in [0.1, 0.15) is 35.7 Å². The summed E-state index contributed by atoms with van der Waals surface area (Å²) in [6.07, 6.45) is 7.98. The van der Waals surface area contributed by atoms with Crippen LogP contribution in [0.25, 0.3) is 11.4 Å². The molecule has 34 heavy (non-hydrogen) atoms. The monoisotopic (exact) mass is 491 g/mol. The molecule has 0 saturated carbocycles. The zero-order valence-corrected chi connectivity index (χ0v) is 20.7. The number of aryl methyl sites for hydroxylation is 1. The molecule has 1 aromatic heterocycles. The molecule has 3 heterocycles. The first-order valence-electron chi connectivity index (χ1n) is 11.9. The van der Waals surface area contributed by atoms with Crippen LogP contribution >= 0.6 is 23.2 Å². The highest BCUT2D eigenvalue weighted by atomic mass is 35.5. The SMILES string of the molecule is CN1C2=C(CN(C3CCc4ccc(Cl)cc4C3)CC2)NC1c1ccc(-c2ncccn2)cc1Cl. The lowest BCUT2D eigenvalue weighted by molar-refractivity contribution is 0.182. The highest BCUT2D eigenvalue weighted by Gasteiger charge is 2.36. The van der Waals surface area contributed by atoms with Gasteiger partial charge in [-0.2, -0.15) is 0 Å². The molecule has 0 saturated heterocycles. The van der Waals surface area contributed by atoms with E-state index in [1.807, 2.05) is 18.2 Å². The molecule has 1 N–H and O–H groups in total. The molecule has 3 aromatic rings. The number of nitrogens with zero attached hydrogens (tertiary/aromatic N) is 4. The Kier molecular flexibility index (Phi) is 5.72. The van der Waals surface area contributed by atoms with E-state index in [4.69, 9.17) is 23.2 Å². The fourth-order valence-corrected chi connectivity index (χ4v) is 6.14. The number of nitrogens with one attached hydrogen (secondary N) is 1. The molecule has 2 aromatic carbocycles. The maximum Gasteiger partial charge on any atom is 0.159 e. The van der Waals surface area contributed by atoms with Gasteiger partial charge in [-0.25, -0.2) is 9.97 Å². The molecule has 0 spiro atoms. The second kappa shape index (κ2) is 8.88. The number of aromatic nitrogens is 2. The van der Waals surface area contributed by atoms with Gasteiger partial charge in [-0.15, -0.1) is 0 Å². The third-order valence-corrected chi connectivity index (χ3v) is 8.04. The summed E-state index contributed by atoms with van der Waals surface area (Å²) >= 11 is 13.0. The van der Waals surface area contributed by atoms with Gasteiger partial charge >= 0.3 is 0 Å². The lowest BCUT2D eigenvalue weighted by Crippen LogP contribution is -2.44. The molecule has 0 amide bonds. The summed E-state index contributed by atoms with van der Waals surface area (Å²) in [6, 6.07) is 14.9. The molecule has 174 valence electrons. The number of hydrogen-bond donors (Lipinski definition) is 1. The number of fused-ring (bicyclic) bond motifs is 1. The van der Waals surface area contributed by atoms with Gasteiger partial charge in [0.25, 0.3) is 0 Å². The standard InChI is InChI=1S/C27H27Cl2N5/c1-33-25-9-12-34(21-7-4-17-3-6-20(28)13-19(17)14-21)16-24(25)32-27(33)22-8-5-18(15-23(22)29)26-30-10-2-11-31-26/h2-3,5-6,8,10-11,13,15,21,27,32H,4,7,9,12,14,16H2,1H3. The molecule has 0 bridgehead atoms. The van der Waals surface area contributed by atoms with Crippen molar-refractivity contribution in [1.29, 1.82) is 0 Å². The average Bonchev–Trinajstić information content (AvgIpc) is 3.19. The van der Waals surface area contributed by atoms with Crippen LogP contribution in [-0.4, -0.2) is 45.9 Å². The fourth-order valence-electron chi connectivity index (χ4n) is 5.66. The van der Waals surface area contributed by atoms with Crippen molar-refractivity contribution >= 4 is 23.2 Å². The summed E-state index contributed by atoms with van der Waals surface area (Å²) < 4.78 is 0. The van der Waals surface area contributed by atoms with Crippen LogP contribution in [0, 0.1) is 0 Å². The Labute approximate surface area is 210 Å². The van der Waals surface area contributed by atoms with Crippen LogP contribution < -0.4 is 5.32 Å². The van der Waals surface area contributed by atoms with E-state index in [2.05, 4.69) is 56.4 Å². The van der Waals surface area contributed by atoms with Crippen molar-refractivity contribution < 1.29 is 0 Å². The number of halogens is 2. The molecule has 2 atom stereocenters. The van der Waals surface area contributed by atoms with Gasteiger partial charge in [0.1, 0.15) is 6.17 Å². The van der Waals surface area contributed by atoms with Crippen molar-refractivity contribution in [1.82, 2.24) is 25.1 Å². The van der Waals surface area contributed by atoms with Crippen molar-refractivity contribution in [2.75, 3.05) is 20.1 Å². The first-order chi connectivity index (χ1) is 16.6. The largest absolute Gasteiger partial charge is 0.362 e.